The highest BCUT2D eigenvalue weighted by Gasteiger charge is 2.14. The monoisotopic (exact) mass is 351 g/mol. The van der Waals surface area contributed by atoms with Crippen LogP contribution in [0.3, 0.4) is 0 Å². The van der Waals surface area contributed by atoms with E-state index in [1.54, 1.807) is 24.1 Å². The van der Waals surface area contributed by atoms with Gasteiger partial charge in [-0.15, -0.1) is 0 Å². The summed E-state index contributed by atoms with van der Waals surface area (Å²) in [7, 11) is 1.68. The fourth-order valence-electron chi connectivity index (χ4n) is 2.84. The first-order valence-electron chi connectivity index (χ1n) is 8.59. The maximum atomic E-state index is 12.4. The van der Waals surface area contributed by atoms with E-state index >= 15 is 0 Å². The van der Waals surface area contributed by atoms with Crippen molar-refractivity contribution in [3.63, 3.8) is 0 Å². The summed E-state index contributed by atoms with van der Waals surface area (Å²) in [5.41, 5.74) is 2.52. The Kier molecular flexibility index (Phi) is 5.37. The van der Waals surface area contributed by atoms with Crippen molar-refractivity contribution in [2.45, 2.75) is 19.3 Å². The van der Waals surface area contributed by atoms with Gasteiger partial charge in [-0.05, 0) is 37.1 Å². The Morgan fingerprint density at radius 1 is 1.15 bits per heavy atom. The third-order valence-electron chi connectivity index (χ3n) is 4.28. The van der Waals surface area contributed by atoms with Crippen molar-refractivity contribution in [1.82, 2.24) is 4.90 Å². The topological polar surface area (TPSA) is 70.8 Å². The van der Waals surface area contributed by atoms with Crippen molar-refractivity contribution < 1.29 is 19.1 Å². The predicted octanol–water partition coefficient (Wildman–Crippen LogP) is 4.31. The normalized spacial score (nSPS) is 12.5. The summed E-state index contributed by atoms with van der Waals surface area (Å²) in [4.78, 5) is 24.5. The number of rotatable bonds is 6. The first kappa shape index (κ1) is 17.7. The number of nitrogens with zero attached hydrogens (tertiary/aromatic N) is 1. The third-order valence-corrected chi connectivity index (χ3v) is 4.28. The molecule has 0 spiro atoms. The van der Waals surface area contributed by atoms with E-state index in [0.717, 1.165) is 29.1 Å². The summed E-state index contributed by atoms with van der Waals surface area (Å²) in [5.74, 6) is 0.631. The second kappa shape index (κ2) is 7.87. The molecule has 134 valence electrons. The number of fused-ring (bicyclic) bond motifs is 1. The van der Waals surface area contributed by atoms with E-state index < -0.39 is 5.97 Å². The lowest BCUT2D eigenvalue weighted by Crippen LogP contribution is -2.28. The van der Waals surface area contributed by atoms with E-state index in [-0.39, 0.29) is 12.3 Å². The Morgan fingerprint density at radius 2 is 1.88 bits per heavy atom. The van der Waals surface area contributed by atoms with Gasteiger partial charge in [0.1, 0.15) is 11.5 Å². The van der Waals surface area contributed by atoms with Crippen LogP contribution in [0.1, 0.15) is 40.9 Å². The number of aliphatic carboxylic acids is 1. The summed E-state index contributed by atoms with van der Waals surface area (Å²) < 4.78 is 5.91. The molecule has 3 rings (SSSR count). The molecule has 1 aliphatic carbocycles. The highest BCUT2D eigenvalue weighted by molar-refractivity contribution is 5.94. The molecule has 0 radical (unpaired) electrons. The number of hydrogen-bond donors (Lipinski definition) is 1. The van der Waals surface area contributed by atoms with Crippen LogP contribution in [0.5, 0.6) is 0 Å². The van der Waals surface area contributed by atoms with E-state index in [4.69, 9.17) is 9.52 Å². The van der Waals surface area contributed by atoms with E-state index in [1.165, 1.54) is 0 Å². The standard InChI is InChI=1S/C21H21NO4/c1-22(13-5-8-20(23)24)21(25)16-11-9-15(10-12-16)19-14-17-6-3-2-4-7-18(17)26-19/h3-4,6-7,9-12,14H,2,5,8,13H2,1H3,(H,23,24). The van der Waals surface area contributed by atoms with E-state index in [2.05, 4.69) is 12.2 Å². The number of benzene rings is 1. The van der Waals surface area contributed by atoms with Crippen LogP contribution in [0.2, 0.25) is 0 Å². The number of amides is 1. The van der Waals surface area contributed by atoms with E-state index in [1.807, 2.05) is 30.4 Å². The second-order valence-electron chi connectivity index (χ2n) is 6.27. The van der Waals surface area contributed by atoms with Crippen molar-refractivity contribution >= 4 is 24.0 Å². The van der Waals surface area contributed by atoms with Crippen LogP contribution >= 0.6 is 0 Å². The number of allylic oxidation sites excluding steroid dienone is 2. The van der Waals surface area contributed by atoms with Gasteiger partial charge in [0.15, 0.2) is 0 Å². The molecule has 1 aliphatic rings. The van der Waals surface area contributed by atoms with Gasteiger partial charge in [0.25, 0.3) is 5.91 Å². The maximum Gasteiger partial charge on any atom is 0.303 e. The fraction of sp³-hybridized carbons (Fsp3) is 0.238. The van der Waals surface area contributed by atoms with E-state index in [9.17, 15) is 9.59 Å². The number of hydrogen-bond acceptors (Lipinski definition) is 3. The fourth-order valence-corrected chi connectivity index (χ4v) is 2.84. The zero-order valence-corrected chi connectivity index (χ0v) is 14.6. The van der Waals surface area contributed by atoms with Crippen LogP contribution in [0.4, 0.5) is 0 Å². The molecule has 0 atom stereocenters. The lowest BCUT2D eigenvalue weighted by molar-refractivity contribution is -0.137. The SMILES string of the molecule is CN(CCCC(=O)O)C(=O)c1ccc(-c2cc3c(o2)C=CCC=C3)cc1. The molecular formula is C21H21NO4. The summed E-state index contributed by atoms with van der Waals surface area (Å²) in [5, 5.41) is 8.68. The zero-order valence-electron chi connectivity index (χ0n) is 14.6. The van der Waals surface area contributed by atoms with Crippen LogP contribution in [0.15, 0.2) is 46.9 Å². The maximum absolute atomic E-state index is 12.4. The van der Waals surface area contributed by atoms with Gasteiger partial charge in [-0.3, -0.25) is 9.59 Å². The summed E-state index contributed by atoms with van der Waals surface area (Å²) in [6.45, 7) is 0.413. The molecule has 5 heteroatoms. The number of carbonyl (C=O) groups excluding carboxylic acids is 1. The molecule has 1 heterocycles. The molecule has 0 saturated heterocycles. The van der Waals surface area contributed by atoms with Gasteiger partial charge in [-0.25, -0.2) is 0 Å². The van der Waals surface area contributed by atoms with Gasteiger partial charge in [0, 0.05) is 36.7 Å². The van der Waals surface area contributed by atoms with Crippen LogP contribution in [0.25, 0.3) is 23.5 Å². The molecule has 1 N–H and O–H groups in total. The quantitative estimate of drug-likeness (QED) is 0.842. The van der Waals surface area contributed by atoms with Gasteiger partial charge in [-0.1, -0.05) is 30.4 Å². The van der Waals surface area contributed by atoms with Crippen molar-refractivity contribution in [3.8, 4) is 11.3 Å². The average molecular weight is 351 g/mol. The molecule has 1 amide bonds. The van der Waals surface area contributed by atoms with Crippen LogP contribution in [0, 0.1) is 0 Å². The van der Waals surface area contributed by atoms with Gasteiger partial charge >= 0.3 is 5.97 Å². The predicted molar refractivity (Wildman–Crippen MR) is 101 cm³/mol. The molecule has 26 heavy (non-hydrogen) atoms. The van der Waals surface area contributed by atoms with Crippen LogP contribution < -0.4 is 0 Å². The molecule has 0 saturated carbocycles. The molecule has 0 bridgehead atoms. The number of furan rings is 1. The Balaban J connectivity index is 1.69. The van der Waals surface area contributed by atoms with Crippen LogP contribution in [-0.2, 0) is 4.79 Å². The molecule has 5 nitrogen and oxygen atoms in total. The summed E-state index contributed by atoms with van der Waals surface area (Å²) in [6.07, 6.45) is 9.56. The van der Waals surface area contributed by atoms with Crippen LogP contribution in [-0.4, -0.2) is 35.5 Å². The molecule has 0 aliphatic heterocycles. The Morgan fingerprint density at radius 3 is 2.62 bits per heavy atom. The first-order chi connectivity index (χ1) is 12.5. The Bertz CT molecular complexity index is 829. The number of carboxylic acid groups (broad SMARTS) is 1. The highest BCUT2D eigenvalue weighted by atomic mass is 16.4. The highest BCUT2D eigenvalue weighted by Crippen LogP contribution is 2.29. The summed E-state index contributed by atoms with van der Waals surface area (Å²) in [6, 6.07) is 9.26. The molecule has 0 fully saturated rings. The largest absolute Gasteiger partial charge is 0.481 e. The summed E-state index contributed by atoms with van der Waals surface area (Å²) >= 11 is 0. The van der Waals surface area contributed by atoms with Gasteiger partial charge < -0.3 is 14.4 Å². The van der Waals surface area contributed by atoms with Crippen molar-refractivity contribution in [2.24, 2.45) is 0 Å². The van der Waals surface area contributed by atoms with Gasteiger partial charge in [-0.2, -0.15) is 0 Å². The minimum Gasteiger partial charge on any atom is -0.481 e. The van der Waals surface area contributed by atoms with Crippen molar-refractivity contribution in [1.29, 1.82) is 0 Å². The van der Waals surface area contributed by atoms with E-state index in [0.29, 0.717) is 18.5 Å². The molecule has 1 aromatic carbocycles. The average Bonchev–Trinajstić information content (AvgIpc) is 2.91. The first-order valence-corrected chi connectivity index (χ1v) is 8.59. The van der Waals surface area contributed by atoms with Gasteiger partial charge in [0.05, 0.1) is 0 Å². The lowest BCUT2D eigenvalue weighted by Gasteiger charge is -2.16. The second-order valence-corrected chi connectivity index (χ2v) is 6.27. The Hall–Kier alpha value is -3.08. The number of carbonyl (C=O) groups is 2. The van der Waals surface area contributed by atoms with Crippen molar-refractivity contribution in [3.05, 3.63) is 59.4 Å². The zero-order chi connectivity index (χ0) is 18.5. The minimum absolute atomic E-state index is 0.0581. The minimum atomic E-state index is -0.850. The molecule has 0 unspecified atom stereocenters. The number of carboxylic acids is 1. The lowest BCUT2D eigenvalue weighted by atomic mass is 10.1. The van der Waals surface area contributed by atoms with Gasteiger partial charge in [0.2, 0.25) is 0 Å². The smallest absolute Gasteiger partial charge is 0.303 e. The Labute approximate surface area is 152 Å². The molecule has 2 aromatic rings. The molecule has 1 aromatic heterocycles. The molecular weight excluding hydrogens is 330 g/mol. The third kappa shape index (κ3) is 4.11. The van der Waals surface area contributed by atoms with Crippen molar-refractivity contribution in [2.75, 3.05) is 13.6 Å².